The molecule has 1 aromatic rings. The van der Waals surface area contributed by atoms with Crippen molar-refractivity contribution in [1.29, 1.82) is 0 Å². The normalized spacial score (nSPS) is 10.5. The summed E-state index contributed by atoms with van der Waals surface area (Å²) in [5.74, 6) is 0.965. The fraction of sp³-hybridized carbons (Fsp3) is 0.600. The zero-order valence-electron chi connectivity index (χ0n) is 9.10. The van der Waals surface area contributed by atoms with Gasteiger partial charge in [-0.3, -0.25) is 9.36 Å². The third kappa shape index (κ3) is 2.99. The maximum Gasteiger partial charge on any atom is 0.330 e. The van der Waals surface area contributed by atoms with E-state index in [4.69, 9.17) is 0 Å². The lowest BCUT2D eigenvalue weighted by molar-refractivity contribution is 0.560. The molecule has 0 aliphatic rings. The number of thioether (sulfide) groups is 1. The van der Waals surface area contributed by atoms with Crippen molar-refractivity contribution >= 4 is 11.8 Å². The van der Waals surface area contributed by atoms with Gasteiger partial charge in [0.25, 0.3) is 5.56 Å². The van der Waals surface area contributed by atoms with Crippen molar-refractivity contribution in [1.82, 2.24) is 9.13 Å². The van der Waals surface area contributed by atoms with E-state index in [1.165, 1.54) is 10.6 Å². The summed E-state index contributed by atoms with van der Waals surface area (Å²) in [5, 5.41) is 0. The van der Waals surface area contributed by atoms with Crippen LogP contribution in [0.3, 0.4) is 0 Å². The second-order valence-electron chi connectivity index (χ2n) is 3.22. The van der Waals surface area contributed by atoms with Crippen molar-refractivity contribution in [3.8, 4) is 0 Å². The highest BCUT2D eigenvalue weighted by Gasteiger charge is 2.02. The van der Waals surface area contributed by atoms with Crippen LogP contribution in [0.4, 0.5) is 0 Å². The third-order valence-electron chi connectivity index (χ3n) is 2.21. The zero-order valence-corrected chi connectivity index (χ0v) is 9.92. The summed E-state index contributed by atoms with van der Waals surface area (Å²) in [6.45, 7) is 3.00. The van der Waals surface area contributed by atoms with Crippen LogP contribution in [0.25, 0.3) is 0 Å². The highest BCUT2D eigenvalue weighted by molar-refractivity contribution is 7.98. The summed E-state index contributed by atoms with van der Waals surface area (Å²) < 4.78 is 2.85. The molecule has 0 aliphatic carbocycles. The molecule has 84 valence electrons. The van der Waals surface area contributed by atoms with E-state index in [0.29, 0.717) is 13.1 Å². The molecule has 0 atom stereocenters. The topological polar surface area (TPSA) is 44.0 Å². The molecule has 15 heavy (non-hydrogen) atoms. The molecule has 0 radical (unpaired) electrons. The number of hydrogen-bond donors (Lipinski definition) is 0. The predicted octanol–water partition coefficient (Wildman–Crippen LogP) is 0.783. The molecule has 0 amide bonds. The molecule has 0 spiro atoms. The summed E-state index contributed by atoms with van der Waals surface area (Å²) in [5.41, 5.74) is -0.406. The van der Waals surface area contributed by atoms with Gasteiger partial charge >= 0.3 is 5.69 Å². The Labute approximate surface area is 92.9 Å². The van der Waals surface area contributed by atoms with Gasteiger partial charge in [-0.15, -0.1) is 0 Å². The first-order chi connectivity index (χ1) is 7.20. The molecule has 0 unspecified atom stereocenters. The minimum absolute atomic E-state index is 0.203. The third-order valence-corrected chi connectivity index (χ3v) is 2.91. The quantitative estimate of drug-likeness (QED) is 0.700. The van der Waals surface area contributed by atoms with Crippen molar-refractivity contribution in [3.63, 3.8) is 0 Å². The van der Waals surface area contributed by atoms with Gasteiger partial charge in [-0.2, -0.15) is 11.8 Å². The maximum atomic E-state index is 11.7. The molecule has 0 bridgehead atoms. The van der Waals surface area contributed by atoms with E-state index < -0.39 is 0 Å². The van der Waals surface area contributed by atoms with Gasteiger partial charge in [-0.05, 0) is 25.4 Å². The van der Waals surface area contributed by atoms with Crippen molar-refractivity contribution < 1.29 is 0 Å². The standard InChI is InChI=1S/C10H16N2O2S/c1-3-11-7-5-9(13)12(10(11)14)6-4-8-15-2/h5,7H,3-4,6,8H2,1-2H3. The van der Waals surface area contributed by atoms with Crippen LogP contribution in [0.15, 0.2) is 21.9 Å². The molecule has 0 saturated carbocycles. The van der Waals surface area contributed by atoms with Crippen molar-refractivity contribution in [2.24, 2.45) is 0 Å². The van der Waals surface area contributed by atoms with Crippen LogP contribution in [-0.4, -0.2) is 21.1 Å². The van der Waals surface area contributed by atoms with E-state index in [1.807, 2.05) is 13.2 Å². The monoisotopic (exact) mass is 228 g/mol. The molecule has 4 nitrogen and oxygen atoms in total. The minimum Gasteiger partial charge on any atom is -0.301 e. The van der Waals surface area contributed by atoms with E-state index in [2.05, 4.69) is 0 Å². The van der Waals surface area contributed by atoms with Gasteiger partial charge in [0.05, 0.1) is 0 Å². The Morgan fingerprint density at radius 1 is 1.40 bits per heavy atom. The smallest absolute Gasteiger partial charge is 0.301 e. The summed E-state index contributed by atoms with van der Waals surface area (Å²) in [7, 11) is 0. The molecular weight excluding hydrogens is 212 g/mol. The van der Waals surface area contributed by atoms with E-state index in [9.17, 15) is 9.59 Å². The van der Waals surface area contributed by atoms with E-state index in [1.54, 1.807) is 22.5 Å². The van der Waals surface area contributed by atoms with Crippen LogP contribution in [0.2, 0.25) is 0 Å². The van der Waals surface area contributed by atoms with Gasteiger partial charge in [0, 0.05) is 25.4 Å². The summed E-state index contributed by atoms with van der Waals surface area (Å²) >= 11 is 1.72. The number of hydrogen-bond acceptors (Lipinski definition) is 3. The molecule has 0 fully saturated rings. The molecule has 0 aromatic carbocycles. The van der Waals surface area contributed by atoms with Crippen molar-refractivity contribution in [2.75, 3.05) is 12.0 Å². The largest absolute Gasteiger partial charge is 0.330 e. The molecule has 1 heterocycles. The lowest BCUT2D eigenvalue weighted by Crippen LogP contribution is -2.38. The van der Waals surface area contributed by atoms with E-state index in [-0.39, 0.29) is 11.2 Å². The van der Waals surface area contributed by atoms with Gasteiger partial charge < -0.3 is 4.57 Å². The maximum absolute atomic E-state index is 11.7. The van der Waals surface area contributed by atoms with E-state index >= 15 is 0 Å². The molecule has 1 aromatic heterocycles. The summed E-state index contributed by atoms with van der Waals surface area (Å²) in [6, 6.07) is 1.45. The zero-order chi connectivity index (χ0) is 11.3. The van der Waals surface area contributed by atoms with Gasteiger partial charge in [-0.25, -0.2) is 4.79 Å². The van der Waals surface area contributed by atoms with Gasteiger partial charge in [0.2, 0.25) is 0 Å². The average Bonchev–Trinajstić information content (AvgIpc) is 2.23. The number of rotatable bonds is 5. The first-order valence-electron chi connectivity index (χ1n) is 5.00. The van der Waals surface area contributed by atoms with Gasteiger partial charge in [-0.1, -0.05) is 0 Å². The van der Waals surface area contributed by atoms with Crippen LogP contribution < -0.4 is 11.2 Å². The van der Waals surface area contributed by atoms with Crippen molar-refractivity contribution in [2.45, 2.75) is 26.4 Å². The molecule has 5 heteroatoms. The SMILES string of the molecule is CCn1ccc(=O)n(CCCSC)c1=O. The highest BCUT2D eigenvalue weighted by atomic mass is 32.2. The Balaban J connectivity index is 2.95. The Bertz CT molecular complexity index is 422. The molecule has 0 aliphatic heterocycles. The van der Waals surface area contributed by atoms with Gasteiger partial charge in [0.15, 0.2) is 0 Å². The fourth-order valence-corrected chi connectivity index (χ4v) is 1.79. The minimum atomic E-state index is -0.203. The van der Waals surface area contributed by atoms with Gasteiger partial charge in [0.1, 0.15) is 0 Å². The Hall–Kier alpha value is -0.970. The number of aryl methyl sites for hydroxylation is 1. The highest BCUT2D eigenvalue weighted by Crippen LogP contribution is 1.95. The van der Waals surface area contributed by atoms with E-state index in [0.717, 1.165) is 12.2 Å². The number of nitrogens with zero attached hydrogens (tertiary/aromatic N) is 2. The summed E-state index contributed by atoms with van der Waals surface area (Å²) in [6.07, 6.45) is 4.41. The first kappa shape index (κ1) is 12.1. The average molecular weight is 228 g/mol. The Morgan fingerprint density at radius 3 is 2.73 bits per heavy atom. The predicted molar refractivity (Wildman–Crippen MR) is 63.6 cm³/mol. The Morgan fingerprint density at radius 2 is 2.13 bits per heavy atom. The lowest BCUT2D eigenvalue weighted by Gasteiger charge is -2.07. The van der Waals surface area contributed by atoms with Crippen LogP contribution in [-0.2, 0) is 13.1 Å². The molecule has 1 rings (SSSR count). The Kier molecular flexibility index (Phi) is 4.68. The molecule has 0 saturated heterocycles. The first-order valence-corrected chi connectivity index (χ1v) is 6.39. The molecular formula is C10H16N2O2S. The van der Waals surface area contributed by atoms with Crippen LogP contribution in [0.1, 0.15) is 13.3 Å². The second kappa shape index (κ2) is 5.80. The van der Waals surface area contributed by atoms with Crippen molar-refractivity contribution in [3.05, 3.63) is 33.1 Å². The summed E-state index contributed by atoms with van der Waals surface area (Å²) in [4.78, 5) is 23.2. The lowest BCUT2D eigenvalue weighted by atomic mass is 10.4. The second-order valence-corrected chi connectivity index (χ2v) is 4.21. The fourth-order valence-electron chi connectivity index (χ4n) is 1.37. The molecule has 0 N–H and O–H groups in total. The van der Waals surface area contributed by atoms with Crippen LogP contribution in [0, 0.1) is 0 Å². The number of aromatic nitrogens is 2. The van der Waals surface area contributed by atoms with Crippen LogP contribution in [0.5, 0.6) is 0 Å². The van der Waals surface area contributed by atoms with Crippen LogP contribution >= 0.6 is 11.8 Å².